The molecular formula is C23H24BrN2O2S+. The van der Waals surface area contributed by atoms with Crippen molar-refractivity contribution in [2.24, 2.45) is 7.05 Å². The SMILES string of the molecule is Br.CCCCc1n(C)c(=O)c2c3ccccc3sc2[n+]1CC(=O)c1ccccc1. The molecule has 150 valence electrons. The summed E-state index contributed by atoms with van der Waals surface area (Å²) < 4.78 is 4.87. The largest absolute Gasteiger partial charge is 0.346 e. The zero-order valence-corrected chi connectivity index (χ0v) is 19.1. The number of hydrogen-bond donors (Lipinski definition) is 0. The summed E-state index contributed by atoms with van der Waals surface area (Å²) in [6.45, 7) is 2.37. The monoisotopic (exact) mass is 471 g/mol. The van der Waals surface area contributed by atoms with Crippen LogP contribution in [0.1, 0.15) is 35.9 Å². The number of nitrogens with zero attached hydrogens (tertiary/aromatic N) is 2. The summed E-state index contributed by atoms with van der Waals surface area (Å²) in [5.41, 5.74) is 0.710. The lowest BCUT2D eigenvalue weighted by Gasteiger charge is -2.10. The van der Waals surface area contributed by atoms with Crippen LogP contribution in [-0.4, -0.2) is 10.4 Å². The summed E-state index contributed by atoms with van der Waals surface area (Å²) in [5.74, 6) is 0.968. The standard InChI is InChI=1S/C23H23N2O2S.BrH/c1-3-4-14-20-24(2)22(27)21-17-12-8-9-13-19(17)28-23(21)25(20)15-18(26)16-10-6-5-7-11-16;/h5-13H,3-4,14-15H2,1-2H3;1H/q+1;. The van der Waals surface area contributed by atoms with Crippen molar-refractivity contribution in [3.05, 3.63) is 76.3 Å². The molecule has 4 rings (SSSR count). The molecule has 0 aliphatic rings. The molecule has 0 unspecified atom stereocenters. The molecule has 0 N–H and O–H groups in total. The van der Waals surface area contributed by atoms with Crippen LogP contribution in [0.3, 0.4) is 0 Å². The fraction of sp³-hybridized carbons (Fsp3) is 0.261. The maximum atomic E-state index is 13.2. The number of carbonyl (C=O) groups excluding carboxylic acids is 1. The second-order valence-corrected chi connectivity index (χ2v) is 8.07. The number of carbonyl (C=O) groups is 1. The molecule has 0 saturated carbocycles. The van der Waals surface area contributed by atoms with Crippen LogP contribution in [0.4, 0.5) is 0 Å². The van der Waals surface area contributed by atoms with Gasteiger partial charge in [0.1, 0.15) is 5.39 Å². The Hall–Kier alpha value is -2.31. The number of benzene rings is 2. The quantitative estimate of drug-likeness (QED) is 0.298. The Morgan fingerprint density at radius 1 is 1.07 bits per heavy atom. The molecule has 0 aliphatic heterocycles. The van der Waals surface area contributed by atoms with Gasteiger partial charge in [0.05, 0.1) is 7.05 Å². The van der Waals surface area contributed by atoms with Gasteiger partial charge in [0.25, 0.3) is 5.82 Å². The van der Waals surface area contributed by atoms with E-state index >= 15 is 0 Å². The Morgan fingerprint density at radius 2 is 1.76 bits per heavy atom. The van der Waals surface area contributed by atoms with Crippen molar-refractivity contribution in [2.45, 2.75) is 32.7 Å². The van der Waals surface area contributed by atoms with Gasteiger partial charge in [-0.1, -0.05) is 73.2 Å². The van der Waals surface area contributed by atoms with E-state index in [4.69, 9.17) is 0 Å². The number of Topliss-reactive ketones (excluding diaryl/α,β-unsaturated/α-hetero) is 1. The van der Waals surface area contributed by atoms with E-state index < -0.39 is 0 Å². The Morgan fingerprint density at radius 3 is 2.48 bits per heavy atom. The molecule has 2 aromatic carbocycles. The highest BCUT2D eigenvalue weighted by molar-refractivity contribution is 8.93. The Kier molecular flexibility index (Phi) is 6.65. The van der Waals surface area contributed by atoms with Crippen LogP contribution in [0.5, 0.6) is 0 Å². The van der Waals surface area contributed by atoms with Crippen molar-refractivity contribution < 1.29 is 9.36 Å². The highest BCUT2D eigenvalue weighted by Gasteiger charge is 2.26. The van der Waals surface area contributed by atoms with Crippen molar-refractivity contribution in [2.75, 3.05) is 0 Å². The smallest absolute Gasteiger partial charge is 0.290 e. The number of unbranched alkanes of at least 4 members (excludes halogenated alkanes) is 1. The maximum absolute atomic E-state index is 13.2. The highest BCUT2D eigenvalue weighted by atomic mass is 79.9. The van der Waals surface area contributed by atoms with Crippen LogP contribution in [0.2, 0.25) is 0 Å². The fourth-order valence-electron chi connectivity index (χ4n) is 3.67. The predicted molar refractivity (Wildman–Crippen MR) is 124 cm³/mol. The molecule has 0 radical (unpaired) electrons. The van der Waals surface area contributed by atoms with Gasteiger partial charge < -0.3 is 0 Å². The van der Waals surface area contributed by atoms with Crippen molar-refractivity contribution in [3.8, 4) is 0 Å². The lowest BCUT2D eigenvalue weighted by molar-refractivity contribution is -0.667. The van der Waals surface area contributed by atoms with Crippen LogP contribution in [0, 0.1) is 0 Å². The molecule has 0 bridgehead atoms. The normalized spacial score (nSPS) is 11.0. The van der Waals surface area contributed by atoms with Crippen molar-refractivity contribution in [1.29, 1.82) is 0 Å². The third kappa shape index (κ3) is 3.91. The first-order valence-corrected chi connectivity index (χ1v) is 10.4. The summed E-state index contributed by atoms with van der Waals surface area (Å²) in [5, 5.41) is 1.68. The topological polar surface area (TPSA) is 43.0 Å². The van der Waals surface area contributed by atoms with Crippen LogP contribution < -0.4 is 10.1 Å². The molecule has 4 aromatic rings. The van der Waals surface area contributed by atoms with Gasteiger partial charge in [-0.05, 0) is 12.5 Å². The number of fused-ring (bicyclic) bond motifs is 3. The van der Waals surface area contributed by atoms with E-state index in [0.717, 1.165) is 40.0 Å². The summed E-state index contributed by atoms with van der Waals surface area (Å²) >= 11 is 1.59. The van der Waals surface area contributed by atoms with Crippen LogP contribution >= 0.6 is 28.3 Å². The summed E-state index contributed by atoms with van der Waals surface area (Å²) in [6, 6.07) is 17.3. The Balaban J connectivity index is 0.00000240. The molecule has 2 aromatic heterocycles. The molecule has 0 aliphatic carbocycles. The summed E-state index contributed by atoms with van der Waals surface area (Å²) in [6.07, 6.45) is 2.78. The molecule has 0 amide bonds. The van der Waals surface area contributed by atoms with E-state index in [1.807, 2.05) is 61.6 Å². The van der Waals surface area contributed by atoms with Gasteiger partial charge in [0.2, 0.25) is 5.78 Å². The number of rotatable bonds is 6. The Labute approximate surface area is 184 Å². The molecule has 29 heavy (non-hydrogen) atoms. The summed E-state index contributed by atoms with van der Waals surface area (Å²) in [7, 11) is 1.82. The van der Waals surface area contributed by atoms with Crippen LogP contribution in [-0.2, 0) is 20.0 Å². The number of hydrogen-bond acceptors (Lipinski definition) is 3. The number of halogens is 1. The molecule has 0 atom stereocenters. The first-order valence-electron chi connectivity index (χ1n) is 9.63. The minimum absolute atomic E-state index is 0. The van der Waals surface area contributed by atoms with E-state index in [2.05, 4.69) is 11.5 Å². The fourth-order valence-corrected chi connectivity index (χ4v) is 4.89. The lowest BCUT2D eigenvalue weighted by atomic mass is 10.1. The van der Waals surface area contributed by atoms with Gasteiger partial charge in [-0.2, -0.15) is 4.57 Å². The molecule has 4 nitrogen and oxygen atoms in total. The van der Waals surface area contributed by atoms with Crippen molar-refractivity contribution in [3.63, 3.8) is 0 Å². The molecular weight excluding hydrogens is 448 g/mol. The second kappa shape index (κ2) is 9.01. The van der Waals surface area contributed by atoms with E-state index in [1.54, 1.807) is 15.9 Å². The highest BCUT2D eigenvalue weighted by Crippen LogP contribution is 2.29. The average Bonchev–Trinajstić information content (AvgIpc) is 3.12. The number of ketones is 1. The van der Waals surface area contributed by atoms with Gasteiger partial charge in [0, 0.05) is 22.1 Å². The molecule has 2 heterocycles. The first-order chi connectivity index (χ1) is 13.6. The second-order valence-electron chi connectivity index (χ2n) is 7.04. The van der Waals surface area contributed by atoms with Crippen LogP contribution in [0.25, 0.3) is 20.3 Å². The van der Waals surface area contributed by atoms with E-state index in [0.29, 0.717) is 10.9 Å². The molecule has 0 spiro atoms. The van der Waals surface area contributed by atoms with Crippen molar-refractivity contribution in [1.82, 2.24) is 4.57 Å². The third-order valence-corrected chi connectivity index (χ3v) is 6.38. The van der Waals surface area contributed by atoms with E-state index in [-0.39, 0.29) is 34.9 Å². The maximum Gasteiger partial charge on any atom is 0.346 e. The van der Waals surface area contributed by atoms with E-state index in [9.17, 15) is 9.59 Å². The molecule has 6 heteroatoms. The van der Waals surface area contributed by atoms with Gasteiger partial charge in [-0.15, -0.1) is 17.0 Å². The first kappa shape index (κ1) is 21.4. The van der Waals surface area contributed by atoms with E-state index in [1.165, 1.54) is 0 Å². The zero-order chi connectivity index (χ0) is 19.7. The lowest BCUT2D eigenvalue weighted by Crippen LogP contribution is -2.48. The minimum Gasteiger partial charge on any atom is -0.290 e. The van der Waals surface area contributed by atoms with Gasteiger partial charge in [-0.25, -0.2) is 9.36 Å². The Bertz CT molecular complexity index is 1230. The van der Waals surface area contributed by atoms with Gasteiger partial charge >= 0.3 is 5.56 Å². The molecule has 0 fully saturated rings. The van der Waals surface area contributed by atoms with Crippen LogP contribution in [0.15, 0.2) is 59.4 Å². The number of thiophene rings is 1. The van der Waals surface area contributed by atoms with Gasteiger partial charge in [0.15, 0.2) is 11.4 Å². The predicted octanol–water partition coefficient (Wildman–Crippen LogP) is 4.84. The minimum atomic E-state index is 0. The molecule has 0 saturated heterocycles. The zero-order valence-electron chi connectivity index (χ0n) is 16.6. The number of aromatic nitrogens is 2. The third-order valence-electron chi connectivity index (χ3n) is 5.19. The van der Waals surface area contributed by atoms with Gasteiger partial charge in [-0.3, -0.25) is 4.79 Å². The van der Waals surface area contributed by atoms with Crippen molar-refractivity contribution >= 4 is 54.4 Å². The average molecular weight is 472 g/mol. The summed E-state index contributed by atoms with van der Waals surface area (Å²) in [4.78, 5) is 27.0.